The number of rotatable bonds is 2. The Bertz CT molecular complexity index is 727. The number of ether oxygens (including phenoxy) is 1. The Morgan fingerprint density at radius 1 is 1.14 bits per heavy atom. The summed E-state index contributed by atoms with van der Waals surface area (Å²) in [6.45, 7) is 0.889. The third kappa shape index (κ3) is 2.83. The lowest BCUT2D eigenvalue weighted by Gasteiger charge is -2.08. The number of ketones is 1. The second kappa shape index (κ2) is 5.69. The van der Waals surface area contributed by atoms with Crippen LogP contribution in [-0.2, 0) is 0 Å². The highest BCUT2D eigenvalue weighted by molar-refractivity contribution is 9.10. The van der Waals surface area contributed by atoms with Gasteiger partial charge in [0.15, 0.2) is 5.78 Å². The van der Waals surface area contributed by atoms with Crippen molar-refractivity contribution in [2.45, 2.75) is 0 Å². The zero-order valence-corrected chi connectivity index (χ0v) is 12.6. The number of hydrogen-bond donors (Lipinski definition) is 1. The zero-order valence-electron chi connectivity index (χ0n) is 11.1. The Morgan fingerprint density at radius 2 is 1.95 bits per heavy atom. The number of carbonyl (C=O) groups is 2. The molecule has 21 heavy (non-hydrogen) atoms. The van der Waals surface area contributed by atoms with Gasteiger partial charge in [0, 0.05) is 15.6 Å². The van der Waals surface area contributed by atoms with Gasteiger partial charge in [-0.05, 0) is 30.3 Å². The van der Waals surface area contributed by atoms with E-state index in [0.29, 0.717) is 35.6 Å². The normalized spacial score (nSPS) is 13.7. The fourth-order valence-corrected chi connectivity index (χ4v) is 2.59. The van der Waals surface area contributed by atoms with Crippen molar-refractivity contribution in [2.75, 3.05) is 13.2 Å². The number of benzene rings is 2. The lowest BCUT2D eigenvalue weighted by atomic mass is 10.0. The van der Waals surface area contributed by atoms with Crippen LogP contribution in [0.3, 0.4) is 0 Å². The molecule has 1 aliphatic heterocycles. The van der Waals surface area contributed by atoms with E-state index in [1.54, 1.807) is 36.4 Å². The van der Waals surface area contributed by atoms with Crippen LogP contribution in [0.2, 0.25) is 0 Å². The van der Waals surface area contributed by atoms with Crippen LogP contribution in [0.4, 0.5) is 0 Å². The number of amides is 1. The molecule has 0 aromatic heterocycles. The molecule has 2 aromatic carbocycles. The van der Waals surface area contributed by atoms with E-state index in [0.717, 1.165) is 4.47 Å². The van der Waals surface area contributed by atoms with Crippen LogP contribution in [0.25, 0.3) is 0 Å². The van der Waals surface area contributed by atoms with E-state index < -0.39 is 0 Å². The van der Waals surface area contributed by atoms with Crippen molar-refractivity contribution in [1.29, 1.82) is 0 Å². The Hall–Kier alpha value is -2.14. The van der Waals surface area contributed by atoms with Crippen LogP contribution < -0.4 is 10.1 Å². The van der Waals surface area contributed by atoms with Crippen LogP contribution in [-0.4, -0.2) is 24.8 Å². The predicted octanol–water partition coefficient (Wildman–Crippen LogP) is 2.80. The molecule has 0 aliphatic carbocycles. The van der Waals surface area contributed by atoms with Gasteiger partial charge in [-0.2, -0.15) is 0 Å². The molecule has 0 unspecified atom stereocenters. The van der Waals surface area contributed by atoms with Crippen molar-refractivity contribution >= 4 is 27.6 Å². The molecule has 2 aromatic rings. The van der Waals surface area contributed by atoms with Gasteiger partial charge in [0.25, 0.3) is 5.91 Å². The minimum Gasteiger partial charge on any atom is -0.491 e. The maximum Gasteiger partial charge on any atom is 0.255 e. The molecule has 1 heterocycles. The van der Waals surface area contributed by atoms with Gasteiger partial charge in [-0.1, -0.05) is 28.1 Å². The van der Waals surface area contributed by atoms with Crippen molar-refractivity contribution < 1.29 is 14.3 Å². The van der Waals surface area contributed by atoms with Crippen molar-refractivity contribution in [3.05, 3.63) is 63.6 Å². The number of fused-ring (bicyclic) bond motifs is 1. The van der Waals surface area contributed by atoms with Crippen molar-refractivity contribution in [2.24, 2.45) is 0 Å². The maximum atomic E-state index is 12.5. The Kier molecular flexibility index (Phi) is 3.75. The molecule has 106 valence electrons. The first-order valence-corrected chi connectivity index (χ1v) is 7.30. The van der Waals surface area contributed by atoms with Gasteiger partial charge in [-0.25, -0.2) is 0 Å². The minimum atomic E-state index is -0.216. The predicted molar refractivity (Wildman–Crippen MR) is 81.8 cm³/mol. The monoisotopic (exact) mass is 345 g/mol. The average Bonchev–Trinajstić information content (AvgIpc) is 2.68. The highest BCUT2D eigenvalue weighted by Gasteiger charge is 2.19. The minimum absolute atomic E-state index is 0.129. The van der Waals surface area contributed by atoms with Crippen molar-refractivity contribution in [1.82, 2.24) is 5.32 Å². The van der Waals surface area contributed by atoms with Crippen LogP contribution >= 0.6 is 15.9 Å². The molecule has 1 amide bonds. The number of hydrogen-bond acceptors (Lipinski definition) is 3. The molecule has 0 fully saturated rings. The fourth-order valence-electron chi connectivity index (χ4n) is 2.19. The standard InChI is InChI=1S/C16H12BrNO3/c17-12-3-1-2-10(8-12)15(19)11-4-5-14-13(9-11)16(20)18-6-7-21-14/h1-5,8-9H,6-7H2,(H,18,20). The second-order valence-electron chi connectivity index (χ2n) is 4.65. The van der Waals surface area contributed by atoms with Crippen LogP contribution in [0.1, 0.15) is 26.3 Å². The van der Waals surface area contributed by atoms with Crippen LogP contribution in [0, 0.1) is 0 Å². The summed E-state index contributed by atoms with van der Waals surface area (Å²) in [5, 5.41) is 2.73. The van der Waals surface area contributed by atoms with Crippen molar-refractivity contribution in [3.63, 3.8) is 0 Å². The Balaban J connectivity index is 2.00. The fraction of sp³-hybridized carbons (Fsp3) is 0.125. The first kappa shape index (κ1) is 13.8. The molecule has 0 bridgehead atoms. The lowest BCUT2D eigenvalue weighted by Crippen LogP contribution is -2.24. The third-order valence-electron chi connectivity index (χ3n) is 3.22. The molecule has 0 radical (unpaired) electrons. The topological polar surface area (TPSA) is 55.4 Å². The molecular formula is C16H12BrNO3. The third-order valence-corrected chi connectivity index (χ3v) is 3.71. The molecule has 4 nitrogen and oxygen atoms in total. The average molecular weight is 346 g/mol. The zero-order chi connectivity index (χ0) is 14.8. The van der Waals surface area contributed by atoms with E-state index in [2.05, 4.69) is 21.2 Å². The number of nitrogens with one attached hydrogen (secondary N) is 1. The summed E-state index contributed by atoms with van der Waals surface area (Å²) < 4.78 is 6.31. The highest BCUT2D eigenvalue weighted by Crippen LogP contribution is 2.24. The molecule has 3 rings (SSSR count). The summed E-state index contributed by atoms with van der Waals surface area (Å²) in [5.74, 6) is 0.165. The second-order valence-corrected chi connectivity index (χ2v) is 5.57. The van der Waals surface area contributed by atoms with Gasteiger partial charge in [-0.15, -0.1) is 0 Å². The molecular weight excluding hydrogens is 334 g/mol. The summed E-state index contributed by atoms with van der Waals surface area (Å²) in [6.07, 6.45) is 0. The van der Waals surface area contributed by atoms with E-state index in [1.807, 2.05) is 6.07 Å². The largest absolute Gasteiger partial charge is 0.491 e. The van der Waals surface area contributed by atoms with E-state index in [9.17, 15) is 9.59 Å². The smallest absolute Gasteiger partial charge is 0.255 e. The lowest BCUT2D eigenvalue weighted by molar-refractivity contribution is 0.0957. The number of halogens is 1. The molecule has 5 heteroatoms. The molecule has 1 aliphatic rings. The van der Waals surface area contributed by atoms with Gasteiger partial charge >= 0.3 is 0 Å². The van der Waals surface area contributed by atoms with Gasteiger partial charge < -0.3 is 10.1 Å². The van der Waals surface area contributed by atoms with Gasteiger partial charge in [-0.3, -0.25) is 9.59 Å². The van der Waals surface area contributed by atoms with Crippen LogP contribution in [0.15, 0.2) is 46.9 Å². The summed E-state index contributed by atoms with van der Waals surface area (Å²) >= 11 is 3.35. The quantitative estimate of drug-likeness (QED) is 0.851. The summed E-state index contributed by atoms with van der Waals surface area (Å²) in [6, 6.07) is 12.1. The van der Waals surface area contributed by atoms with Gasteiger partial charge in [0.05, 0.1) is 12.1 Å². The Labute approximate surface area is 130 Å². The molecule has 0 saturated heterocycles. The maximum absolute atomic E-state index is 12.5. The first-order valence-electron chi connectivity index (χ1n) is 6.50. The Morgan fingerprint density at radius 3 is 2.76 bits per heavy atom. The van der Waals surface area contributed by atoms with E-state index in [-0.39, 0.29) is 11.7 Å². The molecule has 0 spiro atoms. The highest BCUT2D eigenvalue weighted by atomic mass is 79.9. The molecule has 0 saturated carbocycles. The van der Waals surface area contributed by atoms with Crippen molar-refractivity contribution in [3.8, 4) is 5.75 Å². The SMILES string of the molecule is O=C(c1cccc(Br)c1)c1ccc2c(c1)C(=O)NCCO2. The molecule has 0 atom stereocenters. The number of carbonyl (C=O) groups excluding carboxylic acids is 2. The van der Waals surface area contributed by atoms with E-state index >= 15 is 0 Å². The van der Waals surface area contributed by atoms with E-state index in [1.165, 1.54) is 0 Å². The van der Waals surface area contributed by atoms with Gasteiger partial charge in [0.2, 0.25) is 0 Å². The van der Waals surface area contributed by atoms with Gasteiger partial charge in [0.1, 0.15) is 12.4 Å². The summed E-state index contributed by atoms with van der Waals surface area (Å²) in [5.41, 5.74) is 1.43. The van der Waals surface area contributed by atoms with Crippen LogP contribution in [0.5, 0.6) is 5.75 Å². The first-order chi connectivity index (χ1) is 10.1. The summed E-state index contributed by atoms with van der Waals surface area (Å²) in [7, 11) is 0. The van der Waals surface area contributed by atoms with E-state index in [4.69, 9.17) is 4.74 Å². The summed E-state index contributed by atoms with van der Waals surface area (Å²) in [4.78, 5) is 24.4. The molecule has 1 N–H and O–H groups in total.